The van der Waals surface area contributed by atoms with Crippen molar-refractivity contribution in [1.29, 1.82) is 5.26 Å². The minimum absolute atomic E-state index is 0.0155. The van der Waals surface area contributed by atoms with Gasteiger partial charge < -0.3 is 4.74 Å². The standard InChI is InChI=1S/C23H13Cl2NO3/c24-19-7-3-16(4-8-19)22(27)18(14-26)13-15-1-11-21(12-2-15)29-23(28)17-5-9-20(25)10-6-17/h1-13H/b18-13+. The monoisotopic (exact) mass is 421 g/mol. The van der Waals surface area contributed by atoms with Crippen LogP contribution in [-0.4, -0.2) is 11.8 Å². The third-order valence-corrected chi connectivity index (χ3v) is 4.46. The lowest BCUT2D eigenvalue weighted by Gasteiger charge is -2.05. The molecule has 0 spiro atoms. The van der Waals surface area contributed by atoms with Crippen LogP contribution in [0.25, 0.3) is 6.08 Å². The van der Waals surface area contributed by atoms with Crippen molar-refractivity contribution >= 4 is 41.0 Å². The molecule has 0 aliphatic rings. The summed E-state index contributed by atoms with van der Waals surface area (Å²) in [5.74, 6) is -0.576. The van der Waals surface area contributed by atoms with Gasteiger partial charge in [0.1, 0.15) is 17.4 Å². The number of esters is 1. The van der Waals surface area contributed by atoms with Gasteiger partial charge in [-0.2, -0.15) is 5.26 Å². The first-order valence-electron chi connectivity index (χ1n) is 8.46. The van der Waals surface area contributed by atoms with Crippen LogP contribution in [0.3, 0.4) is 0 Å². The molecule has 0 N–H and O–H groups in total. The average Bonchev–Trinajstić information content (AvgIpc) is 2.73. The van der Waals surface area contributed by atoms with E-state index in [1.54, 1.807) is 72.8 Å². The maximum Gasteiger partial charge on any atom is 0.343 e. The summed E-state index contributed by atoms with van der Waals surface area (Å²) in [6.07, 6.45) is 1.47. The van der Waals surface area contributed by atoms with Crippen molar-refractivity contribution in [1.82, 2.24) is 0 Å². The Morgan fingerprint density at radius 1 is 0.793 bits per heavy atom. The fourth-order valence-electron chi connectivity index (χ4n) is 2.46. The van der Waals surface area contributed by atoms with Gasteiger partial charge in [-0.3, -0.25) is 4.79 Å². The summed E-state index contributed by atoms with van der Waals surface area (Å²) in [5.41, 5.74) is 1.35. The summed E-state index contributed by atoms with van der Waals surface area (Å²) < 4.78 is 5.31. The Balaban J connectivity index is 1.73. The lowest BCUT2D eigenvalue weighted by atomic mass is 10.0. The number of carbonyl (C=O) groups is 2. The van der Waals surface area contributed by atoms with Gasteiger partial charge in [-0.25, -0.2) is 4.79 Å². The number of hydrogen-bond acceptors (Lipinski definition) is 4. The number of ketones is 1. The SMILES string of the molecule is N#C/C(=C\c1ccc(OC(=O)c2ccc(Cl)cc2)cc1)C(=O)c1ccc(Cl)cc1. The maximum atomic E-state index is 12.5. The van der Waals surface area contributed by atoms with E-state index in [1.807, 2.05) is 6.07 Å². The van der Waals surface area contributed by atoms with Crippen LogP contribution >= 0.6 is 23.2 Å². The van der Waals surface area contributed by atoms with Crippen LogP contribution in [0.1, 0.15) is 26.3 Å². The molecule has 0 aliphatic carbocycles. The van der Waals surface area contributed by atoms with Crippen molar-refractivity contribution in [2.75, 3.05) is 0 Å². The highest BCUT2D eigenvalue weighted by Crippen LogP contribution is 2.19. The molecule has 3 rings (SSSR count). The van der Waals surface area contributed by atoms with Crippen LogP contribution in [0.15, 0.2) is 78.4 Å². The molecule has 142 valence electrons. The molecule has 0 unspecified atom stereocenters. The third kappa shape index (κ3) is 5.32. The number of halogens is 2. The minimum Gasteiger partial charge on any atom is -0.423 e. The van der Waals surface area contributed by atoms with Crippen molar-refractivity contribution in [2.45, 2.75) is 0 Å². The molecule has 29 heavy (non-hydrogen) atoms. The summed E-state index contributed by atoms with van der Waals surface area (Å²) >= 11 is 11.6. The van der Waals surface area contributed by atoms with Gasteiger partial charge in [0.25, 0.3) is 0 Å². The number of ether oxygens (including phenoxy) is 1. The zero-order chi connectivity index (χ0) is 20.8. The zero-order valence-corrected chi connectivity index (χ0v) is 16.4. The van der Waals surface area contributed by atoms with Gasteiger partial charge in [0.15, 0.2) is 0 Å². The van der Waals surface area contributed by atoms with Crippen molar-refractivity contribution in [3.8, 4) is 11.8 Å². The molecule has 3 aromatic carbocycles. The zero-order valence-electron chi connectivity index (χ0n) is 14.9. The second-order valence-corrected chi connectivity index (χ2v) is 6.84. The first-order chi connectivity index (χ1) is 14.0. The van der Waals surface area contributed by atoms with Gasteiger partial charge in [0, 0.05) is 15.6 Å². The summed E-state index contributed by atoms with van der Waals surface area (Å²) in [4.78, 5) is 24.6. The summed E-state index contributed by atoms with van der Waals surface area (Å²) in [5, 5.41) is 10.4. The Morgan fingerprint density at radius 2 is 1.31 bits per heavy atom. The van der Waals surface area contributed by atoms with Gasteiger partial charge in [-0.1, -0.05) is 35.3 Å². The molecule has 0 heterocycles. The van der Waals surface area contributed by atoms with Crippen LogP contribution < -0.4 is 4.74 Å². The molecular weight excluding hydrogens is 409 g/mol. The van der Waals surface area contributed by atoms with E-state index in [0.717, 1.165) is 0 Å². The summed E-state index contributed by atoms with van der Waals surface area (Å²) in [6.45, 7) is 0. The molecule has 0 amide bonds. The number of nitrogens with zero attached hydrogens (tertiary/aromatic N) is 1. The third-order valence-electron chi connectivity index (χ3n) is 3.95. The lowest BCUT2D eigenvalue weighted by Crippen LogP contribution is -2.08. The maximum absolute atomic E-state index is 12.5. The van der Waals surface area contributed by atoms with E-state index in [-0.39, 0.29) is 5.57 Å². The summed E-state index contributed by atoms with van der Waals surface area (Å²) in [7, 11) is 0. The van der Waals surface area contributed by atoms with Crippen LogP contribution in [0.2, 0.25) is 10.0 Å². The largest absolute Gasteiger partial charge is 0.423 e. The molecule has 3 aromatic rings. The smallest absolute Gasteiger partial charge is 0.343 e. The predicted octanol–water partition coefficient (Wildman–Crippen LogP) is 6.00. The highest BCUT2D eigenvalue weighted by atomic mass is 35.5. The topological polar surface area (TPSA) is 67.2 Å². The van der Waals surface area contributed by atoms with E-state index in [9.17, 15) is 14.9 Å². The number of Topliss-reactive ketones (excluding diaryl/α,β-unsaturated/α-hetero) is 1. The number of carbonyl (C=O) groups excluding carboxylic acids is 2. The fraction of sp³-hybridized carbons (Fsp3) is 0. The number of hydrogen-bond donors (Lipinski definition) is 0. The first-order valence-corrected chi connectivity index (χ1v) is 9.22. The van der Waals surface area contributed by atoms with E-state index >= 15 is 0 Å². The van der Waals surface area contributed by atoms with Crippen LogP contribution in [0, 0.1) is 11.3 Å². The number of nitriles is 1. The van der Waals surface area contributed by atoms with Gasteiger partial charge >= 0.3 is 5.97 Å². The Labute approximate surface area is 177 Å². The quantitative estimate of drug-likeness (QED) is 0.166. The average molecular weight is 422 g/mol. The van der Waals surface area contributed by atoms with Crippen LogP contribution in [0.5, 0.6) is 5.75 Å². The lowest BCUT2D eigenvalue weighted by molar-refractivity contribution is 0.0734. The highest BCUT2D eigenvalue weighted by molar-refractivity contribution is 6.31. The van der Waals surface area contributed by atoms with Gasteiger partial charge in [-0.05, 0) is 72.3 Å². The molecule has 6 heteroatoms. The molecule has 0 bridgehead atoms. The van der Waals surface area contributed by atoms with E-state index < -0.39 is 11.8 Å². The molecule has 0 radical (unpaired) electrons. The molecule has 0 fully saturated rings. The van der Waals surface area contributed by atoms with E-state index in [0.29, 0.717) is 32.5 Å². The van der Waals surface area contributed by atoms with E-state index in [1.165, 1.54) is 6.08 Å². The van der Waals surface area contributed by atoms with Crippen molar-refractivity contribution in [2.24, 2.45) is 0 Å². The second kappa shape index (κ2) is 9.20. The Kier molecular flexibility index (Phi) is 6.46. The van der Waals surface area contributed by atoms with E-state index in [4.69, 9.17) is 27.9 Å². The summed E-state index contributed by atoms with van der Waals surface area (Å²) in [6, 6.07) is 21.1. The van der Waals surface area contributed by atoms with Gasteiger partial charge in [0.2, 0.25) is 5.78 Å². The van der Waals surface area contributed by atoms with Gasteiger partial charge in [-0.15, -0.1) is 0 Å². The Bertz CT molecular complexity index is 1110. The Morgan fingerprint density at radius 3 is 1.83 bits per heavy atom. The highest BCUT2D eigenvalue weighted by Gasteiger charge is 2.12. The number of allylic oxidation sites excluding steroid dienone is 1. The minimum atomic E-state index is -0.513. The van der Waals surface area contributed by atoms with Crippen molar-refractivity contribution < 1.29 is 14.3 Å². The molecule has 0 saturated heterocycles. The van der Waals surface area contributed by atoms with Gasteiger partial charge in [0.05, 0.1) is 5.56 Å². The molecule has 4 nitrogen and oxygen atoms in total. The molecule has 0 atom stereocenters. The first kappa shape index (κ1) is 20.3. The molecular formula is C23H13Cl2NO3. The number of benzene rings is 3. The van der Waals surface area contributed by atoms with Crippen molar-refractivity contribution in [3.63, 3.8) is 0 Å². The molecule has 0 saturated carbocycles. The molecule has 0 aliphatic heterocycles. The van der Waals surface area contributed by atoms with Crippen LogP contribution in [0.4, 0.5) is 0 Å². The Hall–Kier alpha value is -3.39. The normalized spacial score (nSPS) is 10.9. The number of rotatable bonds is 5. The second-order valence-electron chi connectivity index (χ2n) is 5.97. The predicted molar refractivity (Wildman–Crippen MR) is 112 cm³/mol. The van der Waals surface area contributed by atoms with Crippen LogP contribution in [-0.2, 0) is 0 Å². The molecule has 0 aromatic heterocycles. The van der Waals surface area contributed by atoms with Crippen molar-refractivity contribution in [3.05, 3.63) is 105 Å². The van der Waals surface area contributed by atoms with E-state index in [2.05, 4.69) is 0 Å². The fourth-order valence-corrected chi connectivity index (χ4v) is 2.71.